The van der Waals surface area contributed by atoms with Crippen LogP contribution in [0.2, 0.25) is 0 Å². The minimum Gasteiger partial charge on any atom is -0.341 e. The predicted octanol–water partition coefficient (Wildman–Crippen LogP) is 1.30. The van der Waals surface area contributed by atoms with Gasteiger partial charge in [0.05, 0.1) is 6.04 Å². The summed E-state index contributed by atoms with van der Waals surface area (Å²) >= 11 is 0. The fraction of sp³-hybridized carbons (Fsp3) is 0.286. The van der Waals surface area contributed by atoms with E-state index in [2.05, 4.69) is 30.5 Å². The lowest BCUT2D eigenvalue weighted by Gasteiger charge is -2.12. The maximum Gasteiger partial charge on any atom is 0.433 e. The Morgan fingerprint density at radius 1 is 1.23 bits per heavy atom. The second-order valence-electron chi connectivity index (χ2n) is 5.31. The molecule has 3 aromatic rings. The number of rotatable bonds is 4. The third kappa shape index (κ3) is 3.38. The molecule has 0 aliphatic carbocycles. The van der Waals surface area contributed by atoms with Gasteiger partial charge in [0.2, 0.25) is 0 Å². The average Bonchev–Trinajstić information content (AvgIpc) is 3.21. The van der Waals surface area contributed by atoms with Gasteiger partial charge in [0.25, 0.3) is 11.9 Å². The molecule has 0 aliphatic rings. The van der Waals surface area contributed by atoms with E-state index in [0.717, 1.165) is 7.05 Å². The van der Waals surface area contributed by atoms with Crippen LogP contribution in [-0.4, -0.2) is 40.4 Å². The number of aryl methyl sites for hydroxylation is 1. The molecule has 0 fully saturated rings. The lowest BCUT2D eigenvalue weighted by molar-refractivity contribution is -0.143. The van der Waals surface area contributed by atoms with Gasteiger partial charge in [-0.3, -0.25) is 9.48 Å². The Kier molecular flexibility index (Phi) is 4.40. The summed E-state index contributed by atoms with van der Waals surface area (Å²) in [5.74, 6) is -0.207. The second-order valence-corrected chi connectivity index (χ2v) is 5.31. The van der Waals surface area contributed by atoms with Crippen molar-refractivity contribution in [2.24, 2.45) is 7.05 Å². The van der Waals surface area contributed by atoms with E-state index in [1.54, 1.807) is 13.0 Å². The molecule has 0 aliphatic heterocycles. The Hall–Kier alpha value is -3.31. The first-order valence-corrected chi connectivity index (χ1v) is 7.37. The molecule has 0 saturated heterocycles. The number of hydrogen-bond acceptors (Lipinski definition) is 6. The quantitative estimate of drug-likeness (QED) is 0.747. The molecule has 0 aromatic carbocycles. The Labute approximate surface area is 144 Å². The van der Waals surface area contributed by atoms with Crippen LogP contribution in [-0.2, 0) is 13.2 Å². The fourth-order valence-electron chi connectivity index (χ4n) is 2.28. The SMILES string of the molecule is CC(NC(=O)c1cc(C(F)(F)F)n(C)n1)c1ncnn1-c1ncccn1. The Bertz CT molecular complexity index is 918. The number of carbonyl (C=O) groups is 1. The maximum atomic E-state index is 12.8. The molecule has 1 N–H and O–H groups in total. The average molecular weight is 366 g/mol. The van der Waals surface area contributed by atoms with Crippen molar-refractivity contribution in [1.29, 1.82) is 0 Å². The summed E-state index contributed by atoms with van der Waals surface area (Å²) in [5, 5.41) is 10.1. The summed E-state index contributed by atoms with van der Waals surface area (Å²) in [6.45, 7) is 1.61. The summed E-state index contributed by atoms with van der Waals surface area (Å²) in [5.41, 5.74) is -1.37. The van der Waals surface area contributed by atoms with Crippen LogP contribution in [0.3, 0.4) is 0 Å². The third-order valence-electron chi connectivity index (χ3n) is 3.45. The van der Waals surface area contributed by atoms with Crippen molar-refractivity contribution in [3.8, 4) is 5.95 Å². The van der Waals surface area contributed by atoms with Crippen LogP contribution in [0.25, 0.3) is 5.95 Å². The Morgan fingerprint density at radius 3 is 2.54 bits per heavy atom. The molecule has 3 rings (SSSR count). The highest BCUT2D eigenvalue weighted by Gasteiger charge is 2.36. The summed E-state index contributed by atoms with van der Waals surface area (Å²) in [6, 6.07) is 1.64. The van der Waals surface area contributed by atoms with E-state index in [0.29, 0.717) is 16.6 Å². The van der Waals surface area contributed by atoms with Gasteiger partial charge in [0.15, 0.2) is 11.5 Å². The normalized spacial score (nSPS) is 12.8. The van der Waals surface area contributed by atoms with Crippen LogP contribution < -0.4 is 5.32 Å². The number of nitrogens with zero attached hydrogens (tertiary/aromatic N) is 7. The van der Waals surface area contributed by atoms with E-state index in [1.165, 1.54) is 23.4 Å². The first kappa shape index (κ1) is 17.5. The number of alkyl halides is 3. The second kappa shape index (κ2) is 6.54. The lowest BCUT2D eigenvalue weighted by atomic mass is 10.2. The molecule has 12 heteroatoms. The predicted molar refractivity (Wildman–Crippen MR) is 81.0 cm³/mol. The van der Waals surface area contributed by atoms with Crippen molar-refractivity contribution in [3.05, 3.63) is 48.1 Å². The lowest BCUT2D eigenvalue weighted by Crippen LogP contribution is -2.29. The van der Waals surface area contributed by atoms with Gasteiger partial charge in [0, 0.05) is 25.5 Å². The number of nitrogens with one attached hydrogen (secondary N) is 1. The molecule has 0 bridgehead atoms. The van der Waals surface area contributed by atoms with Crippen LogP contribution in [0.1, 0.15) is 35.0 Å². The maximum absolute atomic E-state index is 12.8. The van der Waals surface area contributed by atoms with Crippen molar-refractivity contribution < 1.29 is 18.0 Å². The number of amides is 1. The van der Waals surface area contributed by atoms with E-state index < -0.39 is 23.8 Å². The van der Waals surface area contributed by atoms with Crippen molar-refractivity contribution in [3.63, 3.8) is 0 Å². The number of carbonyl (C=O) groups excluding carboxylic acids is 1. The van der Waals surface area contributed by atoms with Gasteiger partial charge in [0.1, 0.15) is 12.0 Å². The van der Waals surface area contributed by atoms with Crippen LogP contribution in [0, 0.1) is 0 Å². The van der Waals surface area contributed by atoms with Gasteiger partial charge in [-0.2, -0.15) is 28.1 Å². The van der Waals surface area contributed by atoms with Gasteiger partial charge >= 0.3 is 6.18 Å². The monoisotopic (exact) mass is 366 g/mol. The van der Waals surface area contributed by atoms with Crippen LogP contribution in [0.15, 0.2) is 30.9 Å². The van der Waals surface area contributed by atoms with Crippen molar-refractivity contribution in [1.82, 2.24) is 39.8 Å². The molecule has 3 heterocycles. The minimum atomic E-state index is -4.60. The summed E-state index contributed by atoms with van der Waals surface area (Å²) in [4.78, 5) is 24.4. The Balaban J connectivity index is 1.80. The molecular weight excluding hydrogens is 353 g/mol. The van der Waals surface area contributed by atoms with Crippen molar-refractivity contribution >= 4 is 5.91 Å². The molecule has 0 spiro atoms. The van der Waals surface area contributed by atoms with Crippen molar-refractivity contribution in [2.75, 3.05) is 0 Å². The molecule has 1 atom stereocenters. The molecule has 26 heavy (non-hydrogen) atoms. The van der Waals surface area contributed by atoms with E-state index >= 15 is 0 Å². The molecule has 1 amide bonds. The number of hydrogen-bond donors (Lipinski definition) is 1. The minimum absolute atomic E-state index is 0.248. The fourth-order valence-corrected chi connectivity index (χ4v) is 2.28. The number of aromatic nitrogens is 7. The smallest absolute Gasteiger partial charge is 0.341 e. The molecule has 3 aromatic heterocycles. The van der Waals surface area contributed by atoms with E-state index in [1.807, 2.05) is 0 Å². The molecule has 136 valence electrons. The van der Waals surface area contributed by atoms with Crippen molar-refractivity contribution in [2.45, 2.75) is 19.1 Å². The highest BCUT2D eigenvalue weighted by molar-refractivity contribution is 5.92. The molecule has 9 nitrogen and oxygen atoms in total. The highest BCUT2D eigenvalue weighted by atomic mass is 19.4. The van der Waals surface area contributed by atoms with E-state index in [9.17, 15) is 18.0 Å². The highest BCUT2D eigenvalue weighted by Crippen LogP contribution is 2.29. The van der Waals surface area contributed by atoms with Gasteiger partial charge in [-0.1, -0.05) is 0 Å². The molecule has 1 unspecified atom stereocenters. The molecule has 0 radical (unpaired) electrons. The zero-order valence-electron chi connectivity index (χ0n) is 13.6. The van der Waals surface area contributed by atoms with Gasteiger partial charge in [-0.15, -0.1) is 0 Å². The zero-order valence-corrected chi connectivity index (χ0v) is 13.6. The summed E-state index contributed by atoms with van der Waals surface area (Å²) < 4.78 is 40.4. The van der Waals surface area contributed by atoms with Gasteiger partial charge in [-0.05, 0) is 13.0 Å². The largest absolute Gasteiger partial charge is 0.433 e. The molecular formula is C14H13F3N8O. The van der Waals surface area contributed by atoms with Crippen LogP contribution in [0.4, 0.5) is 13.2 Å². The Morgan fingerprint density at radius 2 is 1.92 bits per heavy atom. The zero-order chi connectivity index (χ0) is 18.9. The molecule has 0 saturated carbocycles. The van der Waals surface area contributed by atoms with Gasteiger partial charge < -0.3 is 5.32 Å². The third-order valence-corrected chi connectivity index (χ3v) is 3.45. The standard InChI is InChI=1S/C14H13F3N8O/c1-8(11-20-7-21-25(11)13-18-4-3-5-19-13)22-12(26)9-6-10(14(15,16)17)24(2)23-9/h3-8H,1-2H3,(H,22,26). The van der Waals surface area contributed by atoms with Crippen LogP contribution in [0.5, 0.6) is 0 Å². The van der Waals surface area contributed by atoms with Crippen LogP contribution >= 0.6 is 0 Å². The van der Waals surface area contributed by atoms with Gasteiger partial charge in [-0.25, -0.2) is 15.0 Å². The summed E-state index contributed by atoms with van der Waals surface area (Å²) in [7, 11) is 1.12. The number of halogens is 3. The first-order chi connectivity index (χ1) is 12.3. The topological polar surface area (TPSA) is 103 Å². The van der Waals surface area contributed by atoms with E-state index in [4.69, 9.17) is 0 Å². The first-order valence-electron chi connectivity index (χ1n) is 7.37. The van der Waals surface area contributed by atoms with E-state index in [-0.39, 0.29) is 11.6 Å². The summed E-state index contributed by atoms with van der Waals surface area (Å²) in [6.07, 6.45) is -0.305.